The summed E-state index contributed by atoms with van der Waals surface area (Å²) in [5, 5.41) is 13.7. The van der Waals surface area contributed by atoms with Gasteiger partial charge in [0.1, 0.15) is 11.5 Å². The van der Waals surface area contributed by atoms with Crippen LogP contribution in [-0.2, 0) is 0 Å². The molecule has 2 unspecified atom stereocenters. The van der Waals surface area contributed by atoms with Crippen LogP contribution in [-0.4, -0.2) is 24.9 Å². The molecule has 3 rings (SSSR count). The summed E-state index contributed by atoms with van der Waals surface area (Å²) in [5.41, 5.74) is 1.74. The Morgan fingerprint density at radius 3 is 2.68 bits per heavy atom. The molecule has 0 saturated carbocycles. The maximum absolute atomic E-state index is 12.2. The summed E-state index contributed by atoms with van der Waals surface area (Å²) in [6, 6.07) is 14.0. The number of rotatable bonds is 6. The van der Waals surface area contributed by atoms with Crippen LogP contribution in [0.15, 0.2) is 48.5 Å². The highest BCUT2D eigenvalue weighted by Gasteiger charge is 2.20. The minimum Gasteiger partial charge on any atom is -0.493 e. The average molecular weight is 349 g/mol. The zero-order valence-electron chi connectivity index (χ0n) is 13.7. The number of para-hydroxylation sites is 1. The van der Waals surface area contributed by atoms with Gasteiger partial charge in [-0.3, -0.25) is 0 Å². The van der Waals surface area contributed by atoms with Crippen LogP contribution in [0.3, 0.4) is 0 Å². The van der Waals surface area contributed by atoms with Crippen molar-refractivity contribution in [3.8, 4) is 11.5 Å². The van der Waals surface area contributed by atoms with Crippen LogP contribution in [0.1, 0.15) is 36.1 Å². The number of nitrogens with one attached hydrogen (secondary N) is 1. The standard InChI is InChI=1S/C19H21F2NO3/c20-19(21)25-14-9-7-13(8-10-14)17(23)12-22-16-5-3-11-24-18-6-2-1-4-15(16)18/h1-2,4,6-10,16-17,19,22-23H,3,5,11-12H2. The van der Waals surface area contributed by atoms with E-state index in [9.17, 15) is 13.9 Å². The summed E-state index contributed by atoms with van der Waals surface area (Å²) in [6.07, 6.45) is 1.12. The van der Waals surface area contributed by atoms with Crippen molar-refractivity contribution in [2.75, 3.05) is 13.2 Å². The van der Waals surface area contributed by atoms with Crippen LogP contribution in [0.4, 0.5) is 8.78 Å². The Hall–Kier alpha value is -2.18. The van der Waals surface area contributed by atoms with E-state index in [2.05, 4.69) is 10.1 Å². The first-order valence-corrected chi connectivity index (χ1v) is 8.31. The molecule has 1 heterocycles. The summed E-state index contributed by atoms with van der Waals surface area (Å²) < 4.78 is 34.4. The quantitative estimate of drug-likeness (QED) is 0.832. The van der Waals surface area contributed by atoms with Crippen molar-refractivity contribution in [2.45, 2.75) is 31.6 Å². The third-order valence-electron chi connectivity index (χ3n) is 4.24. The van der Waals surface area contributed by atoms with Gasteiger partial charge in [-0.1, -0.05) is 30.3 Å². The first-order valence-electron chi connectivity index (χ1n) is 8.31. The largest absolute Gasteiger partial charge is 0.493 e. The Kier molecular flexibility index (Phi) is 5.83. The molecule has 2 atom stereocenters. The van der Waals surface area contributed by atoms with E-state index in [1.807, 2.05) is 24.3 Å². The fraction of sp³-hybridized carbons (Fsp3) is 0.368. The van der Waals surface area contributed by atoms with Gasteiger partial charge in [-0.15, -0.1) is 0 Å². The van der Waals surface area contributed by atoms with Crippen LogP contribution in [0.25, 0.3) is 0 Å². The van der Waals surface area contributed by atoms with Gasteiger partial charge < -0.3 is 19.9 Å². The maximum Gasteiger partial charge on any atom is 0.387 e. The van der Waals surface area contributed by atoms with Gasteiger partial charge in [0, 0.05) is 18.2 Å². The number of hydrogen-bond acceptors (Lipinski definition) is 4. The molecule has 0 aromatic heterocycles. The zero-order valence-corrected chi connectivity index (χ0v) is 13.7. The number of aliphatic hydroxyl groups excluding tert-OH is 1. The maximum atomic E-state index is 12.2. The second-order valence-electron chi connectivity index (χ2n) is 5.95. The molecule has 0 aliphatic carbocycles. The molecule has 134 valence electrons. The van der Waals surface area contributed by atoms with E-state index in [1.54, 1.807) is 12.1 Å². The summed E-state index contributed by atoms with van der Waals surface area (Å²) in [4.78, 5) is 0. The van der Waals surface area contributed by atoms with Crippen LogP contribution >= 0.6 is 0 Å². The second-order valence-corrected chi connectivity index (χ2v) is 5.95. The highest BCUT2D eigenvalue weighted by molar-refractivity contribution is 5.36. The van der Waals surface area contributed by atoms with Gasteiger partial charge in [0.2, 0.25) is 0 Å². The number of hydrogen-bond donors (Lipinski definition) is 2. The lowest BCUT2D eigenvalue weighted by Gasteiger charge is -2.21. The van der Waals surface area contributed by atoms with Crippen molar-refractivity contribution >= 4 is 0 Å². The molecular formula is C19H21F2NO3. The van der Waals surface area contributed by atoms with Crippen molar-refractivity contribution in [1.82, 2.24) is 5.32 Å². The summed E-state index contributed by atoms with van der Waals surface area (Å²) in [6.45, 7) is -1.81. The Morgan fingerprint density at radius 2 is 1.92 bits per heavy atom. The van der Waals surface area contributed by atoms with Crippen LogP contribution in [0.2, 0.25) is 0 Å². The predicted octanol–water partition coefficient (Wildman–Crippen LogP) is 3.82. The molecule has 2 N–H and O–H groups in total. The topological polar surface area (TPSA) is 50.7 Å². The van der Waals surface area contributed by atoms with Crippen LogP contribution < -0.4 is 14.8 Å². The predicted molar refractivity (Wildman–Crippen MR) is 89.9 cm³/mol. The number of ether oxygens (including phenoxy) is 2. The van der Waals surface area contributed by atoms with Crippen molar-refractivity contribution in [2.24, 2.45) is 0 Å². The first-order chi connectivity index (χ1) is 12.1. The van der Waals surface area contributed by atoms with Gasteiger partial charge in [0.15, 0.2) is 0 Å². The molecule has 2 aromatic carbocycles. The average Bonchev–Trinajstić information content (AvgIpc) is 2.82. The fourth-order valence-electron chi connectivity index (χ4n) is 2.98. The zero-order chi connectivity index (χ0) is 17.6. The monoisotopic (exact) mass is 349 g/mol. The van der Waals surface area contributed by atoms with Gasteiger partial charge in [-0.05, 0) is 36.6 Å². The highest BCUT2D eigenvalue weighted by Crippen LogP contribution is 2.31. The third kappa shape index (κ3) is 4.67. The van der Waals surface area contributed by atoms with Crippen molar-refractivity contribution in [3.63, 3.8) is 0 Å². The molecule has 1 aliphatic heterocycles. The van der Waals surface area contributed by atoms with Gasteiger partial charge in [0.05, 0.1) is 12.7 Å². The minimum atomic E-state index is -2.85. The second kappa shape index (κ2) is 8.27. The normalized spacial score (nSPS) is 18.2. The molecule has 25 heavy (non-hydrogen) atoms. The number of fused-ring (bicyclic) bond motifs is 1. The van der Waals surface area contributed by atoms with E-state index < -0.39 is 12.7 Å². The molecule has 0 amide bonds. The highest BCUT2D eigenvalue weighted by atomic mass is 19.3. The van der Waals surface area contributed by atoms with Gasteiger partial charge in [-0.2, -0.15) is 8.78 Å². The Labute approximate surface area is 145 Å². The van der Waals surface area contributed by atoms with Gasteiger partial charge in [-0.25, -0.2) is 0 Å². The SMILES string of the molecule is OC(CNC1CCCOc2ccccc21)c1ccc(OC(F)F)cc1. The summed E-state index contributed by atoms with van der Waals surface area (Å²) >= 11 is 0. The molecule has 0 radical (unpaired) electrons. The van der Waals surface area contributed by atoms with Gasteiger partial charge in [0.25, 0.3) is 0 Å². The molecule has 0 fully saturated rings. The first kappa shape index (κ1) is 17.6. The summed E-state index contributed by atoms with van der Waals surface area (Å²) in [5.74, 6) is 0.953. The molecule has 0 bridgehead atoms. The van der Waals surface area contributed by atoms with Crippen LogP contribution in [0.5, 0.6) is 11.5 Å². The van der Waals surface area contributed by atoms with Crippen molar-refractivity contribution in [1.29, 1.82) is 0 Å². The van der Waals surface area contributed by atoms with E-state index in [4.69, 9.17) is 4.74 Å². The molecule has 6 heteroatoms. The van der Waals surface area contributed by atoms with Crippen molar-refractivity contribution < 1.29 is 23.4 Å². The molecule has 2 aromatic rings. The number of aliphatic hydroxyl groups is 1. The van der Waals surface area contributed by atoms with Crippen LogP contribution in [0, 0.1) is 0 Å². The molecule has 1 aliphatic rings. The van der Waals surface area contributed by atoms with E-state index >= 15 is 0 Å². The molecule has 0 saturated heterocycles. The molecule has 0 spiro atoms. The molecule has 4 nitrogen and oxygen atoms in total. The Balaban J connectivity index is 1.61. The Bertz CT molecular complexity index is 679. The third-order valence-corrected chi connectivity index (χ3v) is 4.24. The number of alkyl halides is 2. The molecular weight excluding hydrogens is 328 g/mol. The lowest BCUT2D eigenvalue weighted by Crippen LogP contribution is -2.26. The van der Waals surface area contributed by atoms with Gasteiger partial charge >= 0.3 is 6.61 Å². The minimum absolute atomic E-state index is 0.0775. The fourth-order valence-corrected chi connectivity index (χ4v) is 2.98. The van der Waals surface area contributed by atoms with Crippen molar-refractivity contribution in [3.05, 3.63) is 59.7 Å². The number of benzene rings is 2. The smallest absolute Gasteiger partial charge is 0.387 e. The summed E-state index contributed by atoms with van der Waals surface area (Å²) in [7, 11) is 0. The van der Waals surface area contributed by atoms with E-state index in [1.165, 1.54) is 12.1 Å². The van der Waals surface area contributed by atoms with E-state index in [-0.39, 0.29) is 11.8 Å². The number of halogens is 2. The van der Waals surface area contributed by atoms with E-state index in [0.29, 0.717) is 18.7 Å². The van der Waals surface area contributed by atoms with E-state index in [0.717, 1.165) is 24.2 Å². The lowest BCUT2D eigenvalue weighted by molar-refractivity contribution is -0.0498. The lowest BCUT2D eigenvalue weighted by atomic mass is 10.0. The Morgan fingerprint density at radius 1 is 1.16 bits per heavy atom.